The minimum absolute atomic E-state index is 0.406. The standard InChI is InChI=1S/C26H22ClN3O3S/c27-25-10-7-19(14-29-25)22(31)15-28-11-12-32-20-8-5-17(6-9-20)26-30-21(16-34-26)24-13-18-3-1-2-4-23(18)33-24/h1-10,13-14,16,22,28,31H,11-12,15H2/t22-/m0/s1. The summed E-state index contributed by atoms with van der Waals surface area (Å²) in [5.74, 6) is 1.55. The number of hydrogen-bond acceptors (Lipinski definition) is 7. The molecule has 0 fully saturated rings. The molecule has 5 aromatic rings. The lowest BCUT2D eigenvalue weighted by molar-refractivity contribution is 0.171. The molecule has 0 saturated carbocycles. The number of hydrogen-bond donors (Lipinski definition) is 2. The second-order valence-electron chi connectivity index (χ2n) is 7.69. The van der Waals surface area contributed by atoms with Crippen molar-refractivity contribution >= 4 is 33.9 Å². The number of aromatic nitrogens is 2. The third-order valence-corrected chi connectivity index (χ3v) is 6.42. The molecule has 3 heterocycles. The van der Waals surface area contributed by atoms with E-state index in [4.69, 9.17) is 25.7 Å². The van der Waals surface area contributed by atoms with Crippen molar-refractivity contribution in [1.29, 1.82) is 0 Å². The zero-order valence-corrected chi connectivity index (χ0v) is 19.7. The molecular weight excluding hydrogens is 470 g/mol. The van der Waals surface area contributed by atoms with Crippen LogP contribution in [-0.2, 0) is 0 Å². The maximum absolute atomic E-state index is 10.2. The number of fused-ring (bicyclic) bond motifs is 1. The number of benzene rings is 2. The van der Waals surface area contributed by atoms with Crippen molar-refractivity contribution in [2.24, 2.45) is 0 Å². The van der Waals surface area contributed by atoms with Gasteiger partial charge in [0.2, 0.25) is 0 Å². The van der Waals surface area contributed by atoms with Gasteiger partial charge in [-0.3, -0.25) is 0 Å². The molecule has 34 heavy (non-hydrogen) atoms. The van der Waals surface area contributed by atoms with Crippen LogP contribution in [0.25, 0.3) is 33.0 Å². The number of furan rings is 1. The molecular formula is C26H22ClN3O3S. The molecule has 2 aromatic carbocycles. The van der Waals surface area contributed by atoms with E-state index in [1.807, 2.05) is 60.0 Å². The van der Waals surface area contributed by atoms with Crippen molar-refractivity contribution < 1.29 is 14.3 Å². The molecule has 2 N–H and O–H groups in total. The fourth-order valence-corrected chi connectivity index (χ4v) is 4.43. The number of nitrogens with zero attached hydrogens (tertiary/aromatic N) is 2. The van der Waals surface area contributed by atoms with Gasteiger partial charge in [0, 0.05) is 41.2 Å². The number of halogens is 1. The number of pyridine rings is 1. The molecule has 0 spiro atoms. The van der Waals surface area contributed by atoms with Gasteiger partial charge in [0.25, 0.3) is 0 Å². The summed E-state index contributed by atoms with van der Waals surface area (Å²) in [7, 11) is 0. The van der Waals surface area contributed by atoms with Crippen molar-refractivity contribution in [3.63, 3.8) is 0 Å². The molecule has 0 aliphatic heterocycles. The summed E-state index contributed by atoms with van der Waals surface area (Å²) in [6, 6.07) is 21.3. The van der Waals surface area contributed by atoms with Crippen LogP contribution < -0.4 is 10.1 Å². The molecule has 0 unspecified atom stereocenters. The second-order valence-corrected chi connectivity index (χ2v) is 8.94. The van der Waals surface area contributed by atoms with Crippen LogP contribution in [0.1, 0.15) is 11.7 Å². The lowest BCUT2D eigenvalue weighted by Gasteiger charge is -2.12. The number of para-hydroxylation sites is 1. The molecule has 0 amide bonds. The Morgan fingerprint density at radius 2 is 1.94 bits per heavy atom. The molecule has 0 saturated heterocycles. The summed E-state index contributed by atoms with van der Waals surface area (Å²) >= 11 is 7.36. The van der Waals surface area contributed by atoms with Crippen molar-refractivity contribution in [3.05, 3.63) is 89.0 Å². The zero-order valence-electron chi connectivity index (χ0n) is 18.1. The highest BCUT2D eigenvalue weighted by molar-refractivity contribution is 7.13. The van der Waals surface area contributed by atoms with E-state index in [1.54, 1.807) is 29.7 Å². The fraction of sp³-hybridized carbons (Fsp3) is 0.154. The SMILES string of the molecule is O[C@@H](CNCCOc1ccc(-c2nc(-c3cc4ccccc4o3)cs2)cc1)c1ccc(Cl)nc1. The van der Waals surface area contributed by atoms with E-state index in [9.17, 15) is 5.11 Å². The second kappa shape index (κ2) is 10.4. The van der Waals surface area contributed by atoms with Gasteiger partial charge in [-0.15, -0.1) is 11.3 Å². The molecule has 3 aromatic heterocycles. The Bertz CT molecular complexity index is 1330. The molecule has 172 valence electrons. The maximum atomic E-state index is 10.2. The Labute approximate surface area is 205 Å². The average Bonchev–Trinajstić information content (AvgIpc) is 3.52. The summed E-state index contributed by atoms with van der Waals surface area (Å²) in [5, 5.41) is 17.8. The summed E-state index contributed by atoms with van der Waals surface area (Å²) in [4.78, 5) is 8.73. The van der Waals surface area contributed by atoms with Crippen molar-refractivity contribution in [2.75, 3.05) is 19.7 Å². The fourth-order valence-electron chi connectivity index (χ4n) is 3.50. The Morgan fingerprint density at radius 3 is 2.74 bits per heavy atom. The van der Waals surface area contributed by atoms with Crippen LogP contribution in [-0.4, -0.2) is 34.8 Å². The summed E-state index contributed by atoms with van der Waals surface area (Å²) in [6.07, 6.45) is 0.932. The summed E-state index contributed by atoms with van der Waals surface area (Å²) in [5.41, 5.74) is 3.44. The lowest BCUT2D eigenvalue weighted by Crippen LogP contribution is -2.26. The topological polar surface area (TPSA) is 80.4 Å². The zero-order chi connectivity index (χ0) is 23.3. The third kappa shape index (κ3) is 5.29. The average molecular weight is 492 g/mol. The molecule has 1 atom stereocenters. The molecule has 6 nitrogen and oxygen atoms in total. The van der Waals surface area contributed by atoms with Gasteiger partial charge in [-0.25, -0.2) is 9.97 Å². The number of rotatable bonds is 9. The van der Waals surface area contributed by atoms with E-state index in [0.29, 0.717) is 24.8 Å². The molecule has 5 rings (SSSR count). The van der Waals surface area contributed by atoms with E-state index >= 15 is 0 Å². The first-order valence-electron chi connectivity index (χ1n) is 10.8. The van der Waals surface area contributed by atoms with Gasteiger partial charge in [-0.2, -0.15) is 0 Å². The van der Waals surface area contributed by atoms with Gasteiger partial charge >= 0.3 is 0 Å². The number of aliphatic hydroxyl groups is 1. The first kappa shape index (κ1) is 22.6. The highest BCUT2D eigenvalue weighted by atomic mass is 35.5. The van der Waals surface area contributed by atoms with Crippen molar-refractivity contribution in [1.82, 2.24) is 15.3 Å². The molecule has 0 bridgehead atoms. The molecule has 8 heteroatoms. The predicted molar refractivity (Wildman–Crippen MR) is 135 cm³/mol. The Hall–Kier alpha value is -3.23. The predicted octanol–water partition coefficient (Wildman–Crippen LogP) is 5.97. The smallest absolute Gasteiger partial charge is 0.154 e. The molecule has 0 radical (unpaired) electrons. The van der Waals surface area contributed by atoms with Crippen LogP contribution >= 0.6 is 22.9 Å². The number of nitrogens with one attached hydrogen (secondary N) is 1. The first-order valence-corrected chi connectivity index (χ1v) is 12.1. The van der Waals surface area contributed by atoms with E-state index in [-0.39, 0.29) is 0 Å². The minimum Gasteiger partial charge on any atom is -0.492 e. The van der Waals surface area contributed by atoms with Gasteiger partial charge in [0.05, 0.1) is 6.10 Å². The highest BCUT2D eigenvalue weighted by Gasteiger charge is 2.11. The Kier molecular flexibility index (Phi) is 6.87. The Morgan fingerprint density at radius 1 is 1.09 bits per heavy atom. The quantitative estimate of drug-likeness (QED) is 0.195. The third-order valence-electron chi connectivity index (χ3n) is 5.30. The summed E-state index contributed by atoms with van der Waals surface area (Å²) < 4.78 is 11.7. The number of ether oxygens (including phenoxy) is 1. The maximum Gasteiger partial charge on any atom is 0.154 e. The van der Waals surface area contributed by atoms with Crippen LogP contribution in [0.15, 0.2) is 82.7 Å². The molecule has 0 aliphatic carbocycles. The van der Waals surface area contributed by atoms with Crippen molar-refractivity contribution in [2.45, 2.75) is 6.10 Å². The van der Waals surface area contributed by atoms with Gasteiger partial charge in [0.1, 0.15) is 33.8 Å². The number of aliphatic hydroxyl groups excluding tert-OH is 1. The monoisotopic (exact) mass is 491 g/mol. The first-order chi connectivity index (χ1) is 16.7. The van der Waals surface area contributed by atoms with Gasteiger partial charge in [-0.1, -0.05) is 35.9 Å². The Balaban J connectivity index is 1.11. The largest absolute Gasteiger partial charge is 0.492 e. The van der Waals surface area contributed by atoms with Crippen LogP contribution in [0.3, 0.4) is 0 Å². The minimum atomic E-state index is -0.646. The van der Waals surface area contributed by atoms with Crippen LogP contribution in [0, 0.1) is 0 Å². The number of thiazole rings is 1. The van der Waals surface area contributed by atoms with Gasteiger partial charge < -0.3 is 19.6 Å². The van der Waals surface area contributed by atoms with E-state index in [2.05, 4.69) is 10.3 Å². The molecule has 0 aliphatic rings. The normalized spacial score (nSPS) is 12.2. The van der Waals surface area contributed by atoms with E-state index < -0.39 is 6.10 Å². The van der Waals surface area contributed by atoms with E-state index in [0.717, 1.165) is 44.3 Å². The lowest BCUT2D eigenvalue weighted by atomic mass is 10.1. The van der Waals surface area contributed by atoms with Crippen LogP contribution in [0.2, 0.25) is 5.15 Å². The van der Waals surface area contributed by atoms with Gasteiger partial charge in [-0.05, 0) is 42.5 Å². The van der Waals surface area contributed by atoms with Gasteiger partial charge in [0.15, 0.2) is 5.76 Å². The van der Waals surface area contributed by atoms with Crippen LogP contribution in [0.5, 0.6) is 5.75 Å². The highest BCUT2D eigenvalue weighted by Crippen LogP contribution is 2.32. The summed E-state index contributed by atoms with van der Waals surface area (Å²) in [6.45, 7) is 1.49. The van der Waals surface area contributed by atoms with Crippen LogP contribution in [0.4, 0.5) is 0 Å². The van der Waals surface area contributed by atoms with Crippen molar-refractivity contribution in [3.8, 4) is 27.8 Å². The van der Waals surface area contributed by atoms with E-state index in [1.165, 1.54) is 0 Å².